The lowest BCUT2D eigenvalue weighted by atomic mass is 10.0. The number of anilines is 1. The lowest BCUT2D eigenvalue weighted by molar-refractivity contribution is 0.185. The number of aromatic nitrogens is 1. The Bertz CT molecular complexity index is 430. The van der Waals surface area contributed by atoms with Gasteiger partial charge in [-0.2, -0.15) is 5.26 Å². The Morgan fingerprint density at radius 1 is 1.62 bits per heavy atom. The molecule has 0 aromatic carbocycles. The first-order valence-electron chi connectivity index (χ1n) is 5.36. The van der Waals surface area contributed by atoms with Gasteiger partial charge in [0, 0.05) is 12.8 Å². The number of nitrogens with one attached hydrogen (secondary N) is 1. The zero-order valence-electron chi connectivity index (χ0n) is 9.58. The Balaban J connectivity index is 2.28. The van der Waals surface area contributed by atoms with E-state index in [2.05, 4.69) is 23.3 Å². The van der Waals surface area contributed by atoms with Crippen molar-refractivity contribution >= 4 is 5.82 Å². The van der Waals surface area contributed by atoms with Crippen LogP contribution < -0.4 is 5.32 Å². The van der Waals surface area contributed by atoms with Crippen LogP contribution in [0.1, 0.15) is 24.5 Å². The summed E-state index contributed by atoms with van der Waals surface area (Å²) in [6.07, 6.45) is 2.66. The van der Waals surface area contributed by atoms with Crippen LogP contribution in [0.25, 0.3) is 0 Å². The summed E-state index contributed by atoms with van der Waals surface area (Å²) in [6, 6.07) is 4.03. The van der Waals surface area contributed by atoms with E-state index < -0.39 is 0 Å². The summed E-state index contributed by atoms with van der Waals surface area (Å²) in [6.45, 7) is 5.43. The molecule has 0 spiro atoms. The summed E-state index contributed by atoms with van der Waals surface area (Å²) >= 11 is 0. The molecular formula is C12H15N3O. The normalized spacial score (nSPS) is 24.1. The molecule has 0 bridgehead atoms. The number of hydrogen-bond donors (Lipinski definition) is 1. The molecule has 1 aliphatic rings. The highest BCUT2D eigenvalue weighted by molar-refractivity contribution is 5.56. The van der Waals surface area contributed by atoms with Crippen LogP contribution in [0.5, 0.6) is 0 Å². The van der Waals surface area contributed by atoms with Crippen molar-refractivity contribution in [3.8, 4) is 6.07 Å². The van der Waals surface area contributed by atoms with Gasteiger partial charge in [-0.1, -0.05) is 0 Å². The van der Waals surface area contributed by atoms with Crippen molar-refractivity contribution in [3.63, 3.8) is 0 Å². The monoisotopic (exact) mass is 217 g/mol. The largest absolute Gasteiger partial charge is 0.379 e. The molecule has 1 saturated heterocycles. The zero-order chi connectivity index (χ0) is 11.6. The molecule has 0 saturated carbocycles. The van der Waals surface area contributed by atoms with E-state index >= 15 is 0 Å². The Morgan fingerprint density at radius 2 is 2.44 bits per heavy atom. The molecule has 1 aromatic heterocycles. The van der Waals surface area contributed by atoms with Crippen LogP contribution in [0.15, 0.2) is 12.3 Å². The van der Waals surface area contributed by atoms with Gasteiger partial charge >= 0.3 is 0 Å². The molecule has 1 unspecified atom stereocenters. The Labute approximate surface area is 95.3 Å². The van der Waals surface area contributed by atoms with Crippen LogP contribution in [0.2, 0.25) is 0 Å². The fourth-order valence-electron chi connectivity index (χ4n) is 1.85. The molecule has 1 aromatic rings. The Hall–Kier alpha value is -1.60. The molecular weight excluding hydrogens is 202 g/mol. The first kappa shape index (κ1) is 10.9. The van der Waals surface area contributed by atoms with Crippen LogP contribution in [-0.2, 0) is 4.74 Å². The second-order valence-corrected chi connectivity index (χ2v) is 4.45. The molecule has 1 fully saturated rings. The van der Waals surface area contributed by atoms with E-state index in [9.17, 15) is 0 Å². The van der Waals surface area contributed by atoms with Crippen molar-refractivity contribution in [2.24, 2.45) is 0 Å². The average molecular weight is 217 g/mol. The van der Waals surface area contributed by atoms with Gasteiger partial charge in [-0.3, -0.25) is 0 Å². The standard InChI is InChI=1S/C12H15N3O/c1-9-3-5-14-11(10(9)7-13)15-12(2)4-6-16-8-12/h3,5H,4,6,8H2,1-2H3,(H,14,15). The van der Waals surface area contributed by atoms with Crippen LogP contribution in [0.4, 0.5) is 5.82 Å². The van der Waals surface area contributed by atoms with Crippen LogP contribution in [0.3, 0.4) is 0 Å². The lowest BCUT2D eigenvalue weighted by Crippen LogP contribution is -2.35. The average Bonchev–Trinajstić information content (AvgIpc) is 2.65. The Morgan fingerprint density at radius 3 is 3.06 bits per heavy atom. The molecule has 4 nitrogen and oxygen atoms in total. The van der Waals surface area contributed by atoms with E-state index in [1.807, 2.05) is 13.0 Å². The minimum absolute atomic E-state index is 0.105. The van der Waals surface area contributed by atoms with E-state index in [0.29, 0.717) is 18.0 Å². The molecule has 0 amide bonds. The maximum Gasteiger partial charge on any atom is 0.144 e. The van der Waals surface area contributed by atoms with Crippen molar-refractivity contribution in [3.05, 3.63) is 23.4 Å². The highest BCUT2D eigenvalue weighted by atomic mass is 16.5. The fraction of sp³-hybridized carbons (Fsp3) is 0.500. The number of hydrogen-bond acceptors (Lipinski definition) is 4. The maximum absolute atomic E-state index is 9.10. The molecule has 16 heavy (non-hydrogen) atoms. The SMILES string of the molecule is Cc1ccnc(NC2(C)CCOC2)c1C#N. The number of ether oxygens (including phenoxy) is 1. The molecule has 1 N–H and O–H groups in total. The van der Waals surface area contributed by atoms with Gasteiger partial charge in [-0.15, -0.1) is 0 Å². The van der Waals surface area contributed by atoms with Crippen molar-refractivity contribution < 1.29 is 4.74 Å². The van der Waals surface area contributed by atoms with Crippen molar-refractivity contribution in [2.45, 2.75) is 25.8 Å². The fourth-order valence-corrected chi connectivity index (χ4v) is 1.85. The smallest absolute Gasteiger partial charge is 0.144 e. The van der Waals surface area contributed by atoms with Gasteiger partial charge in [-0.25, -0.2) is 4.98 Å². The molecule has 4 heteroatoms. The first-order chi connectivity index (χ1) is 7.64. The summed E-state index contributed by atoms with van der Waals surface area (Å²) < 4.78 is 5.36. The summed E-state index contributed by atoms with van der Waals surface area (Å²) in [5, 5.41) is 12.4. The van der Waals surface area contributed by atoms with Crippen LogP contribution >= 0.6 is 0 Å². The maximum atomic E-state index is 9.10. The number of rotatable bonds is 2. The summed E-state index contributed by atoms with van der Waals surface area (Å²) in [7, 11) is 0. The third-order valence-corrected chi connectivity index (χ3v) is 2.91. The molecule has 1 atom stereocenters. The number of nitrogens with zero attached hydrogens (tertiary/aromatic N) is 2. The molecule has 0 aliphatic carbocycles. The zero-order valence-corrected chi connectivity index (χ0v) is 9.58. The number of pyridine rings is 1. The lowest BCUT2D eigenvalue weighted by Gasteiger charge is -2.24. The van der Waals surface area contributed by atoms with E-state index in [1.165, 1.54) is 0 Å². The van der Waals surface area contributed by atoms with Crippen LogP contribution in [-0.4, -0.2) is 23.7 Å². The Kier molecular flexibility index (Phi) is 2.80. The molecule has 84 valence electrons. The van der Waals surface area contributed by atoms with Gasteiger partial charge < -0.3 is 10.1 Å². The van der Waals surface area contributed by atoms with Gasteiger partial charge in [0.1, 0.15) is 11.9 Å². The topological polar surface area (TPSA) is 57.9 Å². The highest BCUT2D eigenvalue weighted by Gasteiger charge is 2.30. The van der Waals surface area contributed by atoms with Crippen molar-refractivity contribution in [2.75, 3.05) is 18.5 Å². The molecule has 2 rings (SSSR count). The van der Waals surface area contributed by atoms with Gasteiger partial charge in [-0.05, 0) is 31.9 Å². The summed E-state index contributed by atoms with van der Waals surface area (Å²) in [5.74, 6) is 0.663. The predicted molar refractivity (Wildman–Crippen MR) is 61.2 cm³/mol. The highest BCUT2D eigenvalue weighted by Crippen LogP contribution is 2.25. The van der Waals surface area contributed by atoms with Gasteiger partial charge in [0.2, 0.25) is 0 Å². The molecule has 1 aliphatic heterocycles. The second-order valence-electron chi connectivity index (χ2n) is 4.45. The summed E-state index contributed by atoms with van der Waals surface area (Å²) in [5.41, 5.74) is 1.46. The number of nitriles is 1. The van der Waals surface area contributed by atoms with Gasteiger partial charge in [0.25, 0.3) is 0 Å². The van der Waals surface area contributed by atoms with Gasteiger partial charge in [0.15, 0.2) is 0 Å². The van der Waals surface area contributed by atoms with E-state index in [-0.39, 0.29) is 5.54 Å². The third-order valence-electron chi connectivity index (χ3n) is 2.91. The second kappa shape index (κ2) is 4.11. The van der Waals surface area contributed by atoms with Gasteiger partial charge in [0.05, 0.1) is 17.7 Å². The van der Waals surface area contributed by atoms with Crippen molar-refractivity contribution in [1.29, 1.82) is 5.26 Å². The minimum Gasteiger partial charge on any atom is -0.379 e. The molecule has 0 radical (unpaired) electrons. The molecule has 2 heterocycles. The summed E-state index contributed by atoms with van der Waals surface area (Å²) in [4.78, 5) is 4.23. The van der Waals surface area contributed by atoms with E-state index in [0.717, 1.165) is 18.6 Å². The minimum atomic E-state index is -0.105. The third kappa shape index (κ3) is 2.00. The number of aryl methyl sites for hydroxylation is 1. The van der Waals surface area contributed by atoms with Crippen LogP contribution in [0, 0.1) is 18.3 Å². The first-order valence-corrected chi connectivity index (χ1v) is 5.36. The van der Waals surface area contributed by atoms with E-state index in [4.69, 9.17) is 10.00 Å². The van der Waals surface area contributed by atoms with E-state index in [1.54, 1.807) is 6.20 Å². The quantitative estimate of drug-likeness (QED) is 0.821. The predicted octanol–water partition coefficient (Wildman–Crippen LogP) is 1.85. The van der Waals surface area contributed by atoms with Crippen molar-refractivity contribution in [1.82, 2.24) is 4.98 Å².